The van der Waals surface area contributed by atoms with Crippen LogP contribution in [0.4, 0.5) is 0 Å². The summed E-state index contributed by atoms with van der Waals surface area (Å²) in [6, 6.07) is 20.3. The molecule has 0 saturated carbocycles. The summed E-state index contributed by atoms with van der Waals surface area (Å²) in [5, 5.41) is 3.13. The maximum Gasteiger partial charge on any atom is 0.0472 e. The van der Waals surface area contributed by atoms with E-state index < -0.39 is 0 Å². The van der Waals surface area contributed by atoms with Crippen LogP contribution < -0.4 is 5.32 Å². The molecule has 0 bridgehead atoms. The number of nitrogens with zero attached hydrogens (tertiary/aromatic N) is 3. The molecule has 0 unspecified atom stereocenters. The van der Waals surface area contributed by atoms with Gasteiger partial charge in [0, 0.05) is 44.3 Å². The van der Waals surface area contributed by atoms with Crippen LogP contribution in [-0.4, -0.2) is 47.6 Å². The lowest BCUT2D eigenvalue weighted by Crippen LogP contribution is -2.33. The third kappa shape index (κ3) is 8.84. The molecule has 0 atom stereocenters. The molecule has 3 heterocycles. The second kappa shape index (κ2) is 16.5. The molecule has 1 N–H and O–H groups in total. The third-order valence-corrected chi connectivity index (χ3v) is 9.09. The SMILES string of the molecule is C=C/C=C(\c1ccn(Cc2ccc(C(=C)NC)cc2)c1C)C1CCN(Cc2cccc(CN3CCCCC3)c2)CC1.CC. The number of aromatic nitrogens is 1. The average Bonchev–Trinajstić information content (AvgIpc) is 3.41. The highest BCUT2D eigenvalue weighted by Crippen LogP contribution is 2.35. The Bertz CT molecular complexity index is 1330. The van der Waals surface area contributed by atoms with Crippen LogP contribution in [0, 0.1) is 12.8 Å². The molecule has 230 valence electrons. The Labute approximate surface area is 261 Å². The van der Waals surface area contributed by atoms with Crippen LogP contribution in [0.15, 0.2) is 86.1 Å². The predicted octanol–water partition coefficient (Wildman–Crippen LogP) is 8.53. The summed E-state index contributed by atoms with van der Waals surface area (Å²) in [5.74, 6) is 0.566. The molecule has 2 aliphatic heterocycles. The predicted molar refractivity (Wildman–Crippen MR) is 186 cm³/mol. The van der Waals surface area contributed by atoms with Gasteiger partial charge in [-0.25, -0.2) is 0 Å². The van der Waals surface area contributed by atoms with Gasteiger partial charge in [0.15, 0.2) is 0 Å². The van der Waals surface area contributed by atoms with Gasteiger partial charge in [-0.15, -0.1) is 0 Å². The van der Waals surface area contributed by atoms with E-state index in [1.807, 2.05) is 27.0 Å². The molecule has 4 heteroatoms. The van der Waals surface area contributed by atoms with Crippen LogP contribution in [0.3, 0.4) is 0 Å². The number of rotatable bonds is 11. The molecule has 0 spiro atoms. The zero-order valence-corrected chi connectivity index (χ0v) is 27.2. The van der Waals surface area contributed by atoms with E-state index in [0.717, 1.165) is 44.0 Å². The quantitative estimate of drug-likeness (QED) is 0.231. The van der Waals surface area contributed by atoms with Gasteiger partial charge in [0.25, 0.3) is 0 Å². The molecule has 2 saturated heterocycles. The normalized spacial score (nSPS) is 16.8. The maximum atomic E-state index is 4.07. The van der Waals surface area contributed by atoms with Crippen LogP contribution in [0.2, 0.25) is 0 Å². The molecule has 3 aromatic rings. The molecule has 0 aliphatic carbocycles. The second-order valence-electron chi connectivity index (χ2n) is 11.9. The molecule has 0 radical (unpaired) electrons. The lowest BCUT2D eigenvalue weighted by atomic mass is 9.84. The Morgan fingerprint density at radius 3 is 2.07 bits per heavy atom. The van der Waals surface area contributed by atoms with Gasteiger partial charge < -0.3 is 9.88 Å². The van der Waals surface area contributed by atoms with Gasteiger partial charge in [0.2, 0.25) is 0 Å². The van der Waals surface area contributed by atoms with Crippen molar-refractivity contribution in [3.63, 3.8) is 0 Å². The van der Waals surface area contributed by atoms with Crippen LogP contribution in [0.5, 0.6) is 0 Å². The van der Waals surface area contributed by atoms with Gasteiger partial charge in [-0.3, -0.25) is 9.80 Å². The minimum atomic E-state index is 0.566. The van der Waals surface area contributed by atoms with E-state index in [2.05, 4.69) is 107 Å². The largest absolute Gasteiger partial charge is 0.388 e. The summed E-state index contributed by atoms with van der Waals surface area (Å²) >= 11 is 0. The first-order chi connectivity index (χ1) is 21.0. The number of hydrogen-bond donors (Lipinski definition) is 1. The van der Waals surface area contributed by atoms with Crippen molar-refractivity contribution < 1.29 is 0 Å². The lowest BCUT2D eigenvalue weighted by Gasteiger charge is -2.33. The Morgan fingerprint density at radius 2 is 1.47 bits per heavy atom. The van der Waals surface area contributed by atoms with Crippen LogP contribution in [0.1, 0.15) is 79.5 Å². The van der Waals surface area contributed by atoms with Gasteiger partial charge >= 0.3 is 0 Å². The van der Waals surface area contributed by atoms with E-state index in [9.17, 15) is 0 Å². The summed E-state index contributed by atoms with van der Waals surface area (Å²) in [7, 11) is 1.91. The van der Waals surface area contributed by atoms with Gasteiger partial charge in [0.05, 0.1) is 0 Å². The average molecular weight is 579 g/mol. The van der Waals surface area contributed by atoms with E-state index >= 15 is 0 Å². The minimum Gasteiger partial charge on any atom is -0.388 e. The second-order valence-corrected chi connectivity index (χ2v) is 11.9. The summed E-state index contributed by atoms with van der Waals surface area (Å²) in [4.78, 5) is 5.27. The first-order valence-corrected chi connectivity index (χ1v) is 16.5. The number of piperidine rings is 2. The van der Waals surface area contributed by atoms with Crippen molar-refractivity contribution in [1.82, 2.24) is 19.7 Å². The standard InChI is InChI=1S/C37H48N4.C2H6/c1-5-10-37(36-19-24-41(30(36)3)28-31-13-15-34(16-14-31)29(2)38-4)35-17-22-40(23-18-35)27-33-12-9-11-32(25-33)26-39-20-7-6-8-21-39;1-2/h5,9-16,19,24-25,35,38H,1-2,6-8,17-18,20-23,26-28H2,3-4H3;1-2H3/b37-10-;. The van der Waals surface area contributed by atoms with Crippen molar-refractivity contribution in [3.05, 3.63) is 120 Å². The summed E-state index contributed by atoms with van der Waals surface area (Å²) in [6.07, 6.45) is 12.9. The minimum absolute atomic E-state index is 0.566. The number of hydrogen-bond acceptors (Lipinski definition) is 3. The molecule has 2 aromatic carbocycles. The molecule has 2 fully saturated rings. The Hall–Kier alpha value is -3.34. The fourth-order valence-electron chi connectivity index (χ4n) is 6.62. The number of nitrogens with one attached hydrogen (secondary N) is 1. The van der Waals surface area contributed by atoms with Crippen molar-refractivity contribution in [2.75, 3.05) is 33.2 Å². The van der Waals surface area contributed by atoms with E-state index in [-0.39, 0.29) is 0 Å². The Morgan fingerprint density at radius 1 is 0.837 bits per heavy atom. The number of benzene rings is 2. The van der Waals surface area contributed by atoms with Crippen molar-refractivity contribution in [2.45, 2.75) is 72.5 Å². The Kier molecular flexibility index (Phi) is 12.5. The molecule has 1 aromatic heterocycles. The zero-order valence-electron chi connectivity index (χ0n) is 27.2. The van der Waals surface area contributed by atoms with Crippen molar-refractivity contribution >= 4 is 11.3 Å². The molecule has 2 aliphatic rings. The van der Waals surface area contributed by atoms with E-state index in [4.69, 9.17) is 0 Å². The number of allylic oxidation sites excluding steroid dienone is 3. The van der Waals surface area contributed by atoms with E-state index in [1.54, 1.807) is 0 Å². The van der Waals surface area contributed by atoms with Crippen LogP contribution in [0.25, 0.3) is 11.3 Å². The highest BCUT2D eigenvalue weighted by molar-refractivity contribution is 5.71. The first kappa shape index (κ1) is 32.6. The molecule has 43 heavy (non-hydrogen) atoms. The molecular formula is C39H54N4. The molecule has 4 nitrogen and oxygen atoms in total. The summed E-state index contributed by atoms with van der Waals surface area (Å²) in [5.41, 5.74) is 10.4. The monoisotopic (exact) mass is 578 g/mol. The van der Waals surface area contributed by atoms with Crippen molar-refractivity contribution in [1.29, 1.82) is 0 Å². The van der Waals surface area contributed by atoms with E-state index in [0.29, 0.717) is 5.92 Å². The van der Waals surface area contributed by atoms with Crippen molar-refractivity contribution in [3.8, 4) is 0 Å². The first-order valence-electron chi connectivity index (χ1n) is 16.5. The smallest absolute Gasteiger partial charge is 0.0472 e. The highest BCUT2D eigenvalue weighted by Gasteiger charge is 2.25. The molecule has 0 amide bonds. The summed E-state index contributed by atoms with van der Waals surface area (Å²) in [6.45, 7) is 22.2. The zero-order chi connectivity index (χ0) is 30.6. The van der Waals surface area contributed by atoms with Gasteiger partial charge in [-0.1, -0.05) is 94.1 Å². The van der Waals surface area contributed by atoms with Crippen LogP contribution in [-0.2, 0) is 19.6 Å². The topological polar surface area (TPSA) is 23.4 Å². The summed E-state index contributed by atoms with van der Waals surface area (Å²) < 4.78 is 2.38. The lowest BCUT2D eigenvalue weighted by molar-refractivity contribution is 0.198. The molecule has 5 rings (SSSR count). The number of likely N-dealkylation sites (tertiary alicyclic amines) is 2. The fourth-order valence-corrected chi connectivity index (χ4v) is 6.62. The fraction of sp³-hybridized carbons (Fsp3) is 0.436. The Balaban J connectivity index is 0.00000207. The van der Waals surface area contributed by atoms with Crippen LogP contribution >= 0.6 is 0 Å². The van der Waals surface area contributed by atoms with Gasteiger partial charge in [-0.2, -0.15) is 0 Å². The van der Waals surface area contributed by atoms with Gasteiger partial charge in [0.1, 0.15) is 0 Å². The van der Waals surface area contributed by atoms with Gasteiger partial charge in [-0.05, 0) is 104 Å². The maximum absolute atomic E-state index is 4.07. The van der Waals surface area contributed by atoms with E-state index in [1.165, 1.54) is 78.7 Å². The molecular weight excluding hydrogens is 524 g/mol. The highest BCUT2D eigenvalue weighted by atomic mass is 15.1. The third-order valence-electron chi connectivity index (χ3n) is 9.09. The van der Waals surface area contributed by atoms with Crippen molar-refractivity contribution in [2.24, 2.45) is 5.92 Å².